The Balaban J connectivity index is 1.61. The van der Waals surface area contributed by atoms with Gasteiger partial charge in [-0.3, -0.25) is 0 Å². The maximum atomic E-state index is 13.4. The number of amides is 2. The molecular formula is C22H19ClF2N2O3. The van der Waals surface area contributed by atoms with Crippen LogP contribution in [0.3, 0.4) is 0 Å². The summed E-state index contributed by atoms with van der Waals surface area (Å²) in [6.07, 6.45) is 2.07. The Kier molecular flexibility index (Phi) is 5.72. The van der Waals surface area contributed by atoms with Crippen LogP contribution in [0.5, 0.6) is 0 Å². The number of nitrogens with one attached hydrogen (secondary N) is 2. The van der Waals surface area contributed by atoms with E-state index >= 15 is 0 Å². The summed E-state index contributed by atoms with van der Waals surface area (Å²) >= 11 is 6.05. The third kappa shape index (κ3) is 4.79. The quantitative estimate of drug-likeness (QED) is 0.670. The number of urea groups is 1. The van der Waals surface area contributed by atoms with Crippen molar-refractivity contribution in [2.24, 2.45) is 5.92 Å². The second kappa shape index (κ2) is 8.44. The van der Waals surface area contributed by atoms with Gasteiger partial charge in [0.05, 0.1) is 11.6 Å². The van der Waals surface area contributed by atoms with E-state index in [4.69, 9.17) is 16.3 Å². The molecule has 2 aliphatic rings. The van der Waals surface area contributed by atoms with Crippen LogP contribution >= 0.6 is 11.6 Å². The highest BCUT2D eigenvalue weighted by atomic mass is 35.5. The van der Waals surface area contributed by atoms with E-state index in [1.54, 1.807) is 18.2 Å². The van der Waals surface area contributed by atoms with Crippen molar-refractivity contribution in [3.05, 3.63) is 81.5 Å². The van der Waals surface area contributed by atoms with Crippen LogP contribution in [0, 0.1) is 17.6 Å². The van der Waals surface area contributed by atoms with Crippen LogP contribution in [-0.4, -0.2) is 18.0 Å². The van der Waals surface area contributed by atoms with Gasteiger partial charge in [0.25, 0.3) is 0 Å². The molecule has 1 atom stereocenters. The summed E-state index contributed by atoms with van der Waals surface area (Å²) in [5.41, 5.74) is 1.79. The molecule has 8 heteroatoms. The molecule has 1 heterocycles. The first-order chi connectivity index (χ1) is 14.4. The van der Waals surface area contributed by atoms with Crippen molar-refractivity contribution in [3.8, 4) is 0 Å². The maximum absolute atomic E-state index is 13.4. The normalized spacial score (nSPS) is 18.6. The van der Waals surface area contributed by atoms with Crippen molar-refractivity contribution in [2.45, 2.75) is 31.9 Å². The number of carbonyl (C=O) groups excluding carboxylic acids is 2. The zero-order valence-corrected chi connectivity index (χ0v) is 16.6. The first-order valence-corrected chi connectivity index (χ1v) is 9.94. The van der Waals surface area contributed by atoms with Crippen LogP contribution in [0.15, 0.2) is 53.7 Å². The monoisotopic (exact) mass is 432 g/mol. The van der Waals surface area contributed by atoms with E-state index in [2.05, 4.69) is 10.6 Å². The summed E-state index contributed by atoms with van der Waals surface area (Å²) in [6, 6.07) is 9.24. The number of esters is 1. The topological polar surface area (TPSA) is 67.4 Å². The van der Waals surface area contributed by atoms with Crippen LogP contribution in [-0.2, 0) is 22.6 Å². The van der Waals surface area contributed by atoms with Gasteiger partial charge in [0.1, 0.15) is 18.2 Å². The van der Waals surface area contributed by atoms with Gasteiger partial charge in [-0.15, -0.1) is 0 Å². The molecule has 0 saturated heterocycles. The Morgan fingerprint density at radius 3 is 2.50 bits per heavy atom. The molecule has 2 aromatic carbocycles. The lowest BCUT2D eigenvalue weighted by Gasteiger charge is -2.29. The molecule has 2 amide bonds. The summed E-state index contributed by atoms with van der Waals surface area (Å²) in [5.74, 6) is -1.98. The van der Waals surface area contributed by atoms with Crippen LogP contribution in [0.25, 0.3) is 0 Å². The molecule has 0 radical (unpaired) electrons. The molecule has 4 rings (SSSR count). The summed E-state index contributed by atoms with van der Waals surface area (Å²) < 4.78 is 32.2. The van der Waals surface area contributed by atoms with Gasteiger partial charge in [-0.05, 0) is 54.2 Å². The fraction of sp³-hybridized carbons (Fsp3) is 0.273. The number of ether oxygens (including phenoxy) is 1. The van der Waals surface area contributed by atoms with E-state index in [0.29, 0.717) is 16.3 Å². The van der Waals surface area contributed by atoms with Crippen molar-refractivity contribution in [2.75, 3.05) is 0 Å². The third-order valence-electron chi connectivity index (χ3n) is 5.06. The Morgan fingerprint density at radius 2 is 1.83 bits per heavy atom. The Labute approximate surface area is 177 Å². The molecule has 2 N–H and O–H groups in total. The lowest BCUT2D eigenvalue weighted by molar-refractivity contribution is -0.140. The van der Waals surface area contributed by atoms with E-state index in [-0.39, 0.29) is 30.5 Å². The predicted octanol–water partition coefficient (Wildman–Crippen LogP) is 4.25. The van der Waals surface area contributed by atoms with Gasteiger partial charge in [0.15, 0.2) is 0 Å². The number of halogens is 3. The highest BCUT2D eigenvalue weighted by Gasteiger charge is 2.42. The molecule has 156 valence electrons. The van der Waals surface area contributed by atoms with Crippen molar-refractivity contribution in [1.82, 2.24) is 10.6 Å². The van der Waals surface area contributed by atoms with E-state index in [0.717, 1.165) is 36.6 Å². The van der Waals surface area contributed by atoms with Crippen LogP contribution < -0.4 is 10.6 Å². The van der Waals surface area contributed by atoms with Gasteiger partial charge in [0.2, 0.25) is 0 Å². The number of benzene rings is 2. The van der Waals surface area contributed by atoms with Gasteiger partial charge in [-0.25, -0.2) is 18.4 Å². The molecule has 1 saturated carbocycles. The van der Waals surface area contributed by atoms with Crippen molar-refractivity contribution in [3.63, 3.8) is 0 Å². The molecule has 0 spiro atoms. The fourth-order valence-corrected chi connectivity index (χ4v) is 3.80. The van der Waals surface area contributed by atoms with Gasteiger partial charge in [0, 0.05) is 23.2 Å². The summed E-state index contributed by atoms with van der Waals surface area (Å²) in [7, 11) is 0. The average molecular weight is 433 g/mol. The Bertz CT molecular complexity index is 1020. The average Bonchev–Trinajstić information content (AvgIpc) is 3.50. The molecule has 5 nitrogen and oxygen atoms in total. The standard InChI is InChI=1S/C22H19ClF2N2O3/c23-15-3-1-2-12(6-15)9-18-19(20(14-4-5-14)27-22(29)26-18)21(28)30-11-13-7-16(24)10-17(25)8-13/h1-3,6-8,10,14,20H,4-5,9,11H2,(H2,26,27,29). The molecule has 0 aromatic heterocycles. The molecule has 1 aliphatic carbocycles. The largest absolute Gasteiger partial charge is 0.457 e. The summed E-state index contributed by atoms with van der Waals surface area (Å²) in [6.45, 7) is -0.285. The minimum absolute atomic E-state index is 0.152. The molecule has 1 fully saturated rings. The highest BCUT2D eigenvalue weighted by molar-refractivity contribution is 6.30. The zero-order chi connectivity index (χ0) is 21.3. The van der Waals surface area contributed by atoms with E-state index in [9.17, 15) is 18.4 Å². The van der Waals surface area contributed by atoms with Gasteiger partial charge >= 0.3 is 12.0 Å². The van der Waals surface area contributed by atoms with Crippen molar-refractivity contribution in [1.29, 1.82) is 0 Å². The van der Waals surface area contributed by atoms with Gasteiger partial charge in [-0.2, -0.15) is 0 Å². The SMILES string of the molecule is O=C1NC(Cc2cccc(Cl)c2)=C(C(=O)OCc2cc(F)cc(F)c2)C(C2CC2)N1. The fourth-order valence-electron chi connectivity index (χ4n) is 3.59. The minimum atomic E-state index is -0.746. The van der Waals surface area contributed by atoms with Gasteiger partial charge in [-0.1, -0.05) is 23.7 Å². The third-order valence-corrected chi connectivity index (χ3v) is 5.30. The van der Waals surface area contributed by atoms with Crippen LogP contribution in [0.1, 0.15) is 24.0 Å². The summed E-state index contributed by atoms with van der Waals surface area (Å²) in [4.78, 5) is 25.2. The lowest BCUT2D eigenvalue weighted by atomic mass is 9.95. The number of hydrogen-bond donors (Lipinski definition) is 2. The van der Waals surface area contributed by atoms with Crippen LogP contribution in [0.4, 0.5) is 13.6 Å². The minimum Gasteiger partial charge on any atom is -0.457 e. The molecule has 0 bridgehead atoms. The van der Waals surface area contributed by atoms with Crippen molar-refractivity contribution < 1.29 is 23.1 Å². The molecule has 1 unspecified atom stereocenters. The molecular weight excluding hydrogens is 414 g/mol. The summed E-state index contributed by atoms with van der Waals surface area (Å²) in [5, 5.41) is 6.05. The Hall–Kier alpha value is -2.93. The number of rotatable bonds is 6. The Morgan fingerprint density at radius 1 is 1.10 bits per heavy atom. The lowest BCUT2D eigenvalue weighted by Crippen LogP contribution is -2.51. The predicted molar refractivity (Wildman–Crippen MR) is 107 cm³/mol. The number of carbonyl (C=O) groups is 2. The first-order valence-electron chi connectivity index (χ1n) is 9.56. The van der Waals surface area contributed by atoms with E-state index < -0.39 is 23.6 Å². The van der Waals surface area contributed by atoms with Crippen LogP contribution in [0.2, 0.25) is 5.02 Å². The van der Waals surface area contributed by atoms with Gasteiger partial charge < -0.3 is 15.4 Å². The second-order valence-corrected chi connectivity index (χ2v) is 7.90. The molecule has 1 aliphatic heterocycles. The smallest absolute Gasteiger partial charge is 0.338 e. The highest BCUT2D eigenvalue weighted by Crippen LogP contribution is 2.38. The molecule has 2 aromatic rings. The molecule has 30 heavy (non-hydrogen) atoms. The first kappa shape index (κ1) is 20.3. The van der Waals surface area contributed by atoms with E-state index in [1.165, 1.54) is 0 Å². The number of hydrogen-bond acceptors (Lipinski definition) is 3. The van der Waals surface area contributed by atoms with Crippen molar-refractivity contribution >= 4 is 23.6 Å². The zero-order valence-electron chi connectivity index (χ0n) is 15.9. The number of allylic oxidation sites excluding steroid dienone is 1. The second-order valence-electron chi connectivity index (χ2n) is 7.47. The van der Waals surface area contributed by atoms with E-state index in [1.807, 2.05) is 6.07 Å². The maximum Gasteiger partial charge on any atom is 0.338 e.